The van der Waals surface area contributed by atoms with Crippen molar-refractivity contribution in [2.24, 2.45) is 5.92 Å². The number of nitrogens with zero attached hydrogens (tertiary/aromatic N) is 1. The number of ether oxygens (including phenoxy) is 1. The Kier molecular flexibility index (Phi) is 3.72. The molecule has 1 atom stereocenters. The third kappa shape index (κ3) is 3.33. The lowest BCUT2D eigenvalue weighted by Gasteiger charge is -2.14. The molecule has 1 aromatic rings. The first-order chi connectivity index (χ1) is 8.46. The predicted molar refractivity (Wildman–Crippen MR) is 71.7 cm³/mol. The minimum absolute atomic E-state index is 0.108. The van der Waals surface area contributed by atoms with Crippen LogP contribution in [0.25, 0.3) is 0 Å². The first-order valence-corrected chi connectivity index (χ1v) is 6.59. The molecule has 0 N–H and O–H groups in total. The highest BCUT2D eigenvalue weighted by Gasteiger charge is 2.39. The Labute approximate surface area is 115 Å². The molecule has 2 rings (SSSR count). The normalized spacial score (nSPS) is 21.1. The quantitative estimate of drug-likeness (QED) is 0.591. The Bertz CT molecular complexity index is 511. The molecule has 0 aliphatic carbocycles. The molecule has 1 aliphatic heterocycles. The second kappa shape index (κ2) is 5.11. The molecule has 94 valence electrons. The zero-order chi connectivity index (χ0) is 13.2. The van der Waals surface area contributed by atoms with Gasteiger partial charge in [-0.1, -0.05) is 5.92 Å². The van der Waals surface area contributed by atoms with Gasteiger partial charge in [0.2, 0.25) is 0 Å². The molecule has 0 radical (unpaired) electrons. The molecular weight excluding hydrogens is 294 g/mol. The molecule has 0 saturated carbocycles. The maximum absolute atomic E-state index is 11.6. The third-order valence-electron chi connectivity index (χ3n) is 2.74. The standard InChI is InChI=1S/C14H14BrNO2/c1-14(2)8-10(13(17)18-14)4-3-5-12-7-6-11(15)9-16-12/h6-7,9-10H,4,8H2,1-2H3. The second-order valence-corrected chi connectivity index (χ2v) is 5.87. The molecule has 18 heavy (non-hydrogen) atoms. The highest BCUT2D eigenvalue weighted by Crippen LogP contribution is 2.31. The summed E-state index contributed by atoms with van der Waals surface area (Å²) in [6.45, 7) is 3.85. The van der Waals surface area contributed by atoms with Crippen molar-refractivity contribution in [3.8, 4) is 11.8 Å². The van der Waals surface area contributed by atoms with Gasteiger partial charge in [0, 0.05) is 23.5 Å². The van der Waals surface area contributed by atoms with Crippen LogP contribution < -0.4 is 0 Å². The molecule has 3 nitrogen and oxygen atoms in total. The van der Waals surface area contributed by atoms with Crippen LogP contribution in [0, 0.1) is 17.8 Å². The summed E-state index contributed by atoms with van der Waals surface area (Å²) in [7, 11) is 0. The molecule has 1 fully saturated rings. The number of hydrogen-bond acceptors (Lipinski definition) is 3. The molecule has 1 unspecified atom stereocenters. The van der Waals surface area contributed by atoms with Crippen molar-refractivity contribution in [3.05, 3.63) is 28.5 Å². The summed E-state index contributed by atoms with van der Waals surface area (Å²) in [5.74, 6) is 5.71. The van der Waals surface area contributed by atoms with Crippen LogP contribution in [0.3, 0.4) is 0 Å². The molecule has 0 aromatic carbocycles. The second-order valence-electron chi connectivity index (χ2n) is 4.95. The van der Waals surface area contributed by atoms with E-state index in [1.165, 1.54) is 0 Å². The maximum atomic E-state index is 11.6. The van der Waals surface area contributed by atoms with Gasteiger partial charge in [-0.3, -0.25) is 4.79 Å². The monoisotopic (exact) mass is 307 g/mol. The van der Waals surface area contributed by atoms with E-state index < -0.39 is 0 Å². The largest absolute Gasteiger partial charge is 0.459 e. The fraction of sp³-hybridized carbons (Fsp3) is 0.429. The lowest BCUT2D eigenvalue weighted by atomic mass is 9.95. The van der Waals surface area contributed by atoms with E-state index in [2.05, 4.69) is 32.8 Å². The van der Waals surface area contributed by atoms with Crippen LogP contribution in [0.2, 0.25) is 0 Å². The maximum Gasteiger partial charge on any atom is 0.310 e. The summed E-state index contributed by atoms with van der Waals surface area (Å²) in [4.78, 5) is 15.7. The molecule has 1 aromatic heterocycles. The summed E-state index contributed by atoms with van der Waals surface area (Å²) >= 11 is 3.32. The van der Waals surface area contributed by atoms with Crippen LogP contribution in [0.15, 0.2) is 22.8 Å². The Balaban J connectivity index is 1.97. The zero-order valence-electron chi connectivity index (χ0n) is 10.4. The Hall–Kier alpha value is -1.34. The molecular formula is C14H14BrNO2. The average molecular weight is 308 g/mol. The molecule has 2 heterocycles. The van der Waals surface area contributed by atoms with Crippen molar-refractivity contribution in [1.29, 1.82) is 0 Å². The summed E-state index contributed by atoms with van der Waals surface area (Å²) < 4.78 is 6.18. The molecule has 4 heteroatoms. The van der Waals surface area contributed by atoms with Crippen molar-refractivity contribution in [2.45, 2.75) is 32.3 Å². The number of carbonyl (C=O) groups is 1. The van der Waals surface area contributed by atoms with E-state index in [0.717, 1.165) is 10.9 Å². The van der Waals surface area contributed by atoms with Gasteiger partial charge in [0.1, 0.15) is 11.3 Å². The van der Waals surface area contributed by atoms with Crippen LogP contribution in [0.5, 0.6) is 0 Å². The predicted octanol–water partition coefficient (Wildman–Crippen LogP) is 2.93. The smallest absolute Gasteiger partial charge is 0.310 e. The van der Waals surface area contributed by atoms with Gasteiger partial charge in [0.05, 0.1) is 5.92 Å². The van der Waals surface area contributed by atoms with Crippen LogP contribution in [0.4, 0.5) is 0 Å². The van der Waals surface area contributed by atoms with Gasteiger partial charge in [0.25, 0.3) is 0 Å². The van der Waals surface area contributed by atoms with Crippen molar-refractivity contribution in [2.75, 3.05) is 0 Å². The van der Waals surface area contributed by atoms with Gasteiger partial charge in [-0.15, -0.1) is 0 Å². The number of rotatable bonds is 1. The Morgan fingerprint density at radius 1 is 1.56 bits per heavy atom. The Morgan fingerprint density at radius 3 is 2.89 bits per heavy atom. The SMILES string of the molecule is CC1(C)CC(CC#Cc2ccc(Br)cn2)C(=O)O1. The fourth-order valence-corrected chi connectivity index (χ4v) is 2.18. The number of esters is 1. The van der Waals surface area contributed by atoms with Crippen LogP contribution >= 0.6 is 15.9 Å². The summed E-state index contributed by atoms with van der Waals surface area (Å²) in [5, 5.41) is 0. The fourth-order valence-electron chi connectivity index (χ4n) is 1.94. The van der Waals surface area contributed by atoms with E-state index in [4.69, 9.17) is 4.74 Å². The Morgan fingerprint density at radius 2 is 2.33 bits per heavy atom. The number of halogens is 1. The van der Waals surface area contributed by atoms with E-state index in [1.807, 2.05) is 26.0 Å². The van der Waals surface area contributed by atoms with Gasteiger partial charge >= 0.3 is 5.97 Å². The first-order valence-electron chi connectivity index (χ1n) is 5.79. The van der Waals surface area contributed by atoms with E-state index in [1.54, 1.807) is 6.20 Å². The van der Waals surface area contributed by atoms with E-state index in [-0.39, 0.29) is 17.5 Å². The highest BCUT2D eigenvalue weighted by atomic mass is 79.9. The molecule has 0 bridgehead atoms. The zero-order valence-corrected chi connectivity index (χ0v) is 12.0. The van der Waals surface area contributed by atoms with E-state index >= 15 is 0 Å². The number of cyclic esters (lactones) is 1. The van der Waals surface area contributed by atoms with Gasteiger partial charge in [0.15, 0.2) is 0 Å². The van der Waals surface area contributed by atoms with Crippen molar-refractivity contribution >= 4 is 21.9 Å². The van der Waals surface area contributed by atoms with Crippen LogP contribution in [-0.2, 0) is 9.53 Å². The van der Waals surface area contributed by atoms with Crippen LogP contribution in [-0.4, -0.2) is 16.6 Å². The first kappa shape index (κ1) is 13.1. The van der Waals surface area contributed by atoms with Gasteiger partial charge in [-0.05, 0) is 47.8 Å². The minimum Gasteiger partial charge on any atom is -0.459 e. The van der Waals surface area contributed by atoms with E-state index in [9.17, 15) is 4.79 Å². The highest BCUT2D eigenvalue weighted by molar-refractivity contribution is 9.10. The summed E-state index contributed by atoms with van der Waals surface area (Å²) in [5.41, 5.74) is 0.364. The van der Waals surface area contributed by atoms with Gasteiger partial charge in [-0.2, -0.15) is 0 Å². The average Bonchev–Trinajstić information content (AvgIpc) is 2.55. The van der Waals surface area contributed by atoms with Crippen molar-refractivity contribution in [1.82, 2.24) is 4.98 Å². The van der Waals surface area contributed by atoms with Crippen molar-refractivity contribution in [3.63, 3.8) is 0 Å². The summed E-state index contributed by atoms with van der Waals surface area (Å²) in [6.07, 6.45) is 2.96. The van der Waals surface area contributed by atoms with Crippen LogP contribution in [0.1, 0.15) is 32.4 Å². The number of pyridine rings is 1. The molecule has 1 saturated heterocycles. The van der Waals surface area contributed by atoms with Crippen molar-refractivity contribution < 1.29 is 9.53 Å². The van der Waals surface area contributed by atoms with Gasteiger partial charge in [-0.25, -0.2) is 4.98 Å². The topological polar surface area (TPSA) is 39.2 Å². The molecule has 1 aliphatic rings. The summed E-state index contributed by atoms with van der Waals surface area (Å²) in [6, 6.07) is 3.73. The molecule has 0 amide bonds. The lowest BCUT2D eigenvalue weighted by Crippen LogP contribution is -2.17. The minimum atomic E-state index is -0.348. The number of aromatic nitrogens is 1. The van der Waals surface area contributed by atoms with Gasteiger partial charge < -0.3 is 4.74 Å². The molecule has 0 spiro atoms. The number of carbonyl (C=O) groups excluding carboxylic acids is 1. The van der Waals surface area contributed by atoms with E-state index in [0.29, 0.717) is 12.1 Å². The third-order valence-corrected chi connectivity index (χ3v) is 3.21. The lowest BCUT2D eigenvalue weighted by molar-refractivity contribution is -0.148. The number of hydrogen-bond donors (Lipinski definition) is 0.